The van der Waals surface area contributed by atoms with Crippen molar-refractivity contribution in [3.8, 4) is 5.75 Å². The van der Waals surface area contributed by atoms with Gasteiger partial charge in [-0.1, -0.05) is 12.1 Å². The van der Waals surface area contributed by atoms with Gasteiger partial charge in [0.1, 0.15) is 12.4 Å². The first-order chi connectivity index (χ1) is 12.8. The van der Waals surface area contributed by atoms with Gasteiger partial charge in [-0.3, -0.25) is 0 Å². The average Bonchev–Trinajstić information content (AvgIpc) is 3.01. The summed E-state index contributed by atoms with van der Waals surface area (Å²) >= 11 is 1.88. The lowest BCUT2D eigenvalue weighted by Crippen LogP contribution is -2.19. The number of aromatic amines is 1. The van der Waals surface area contributed by atoms with Crippen LogP contribution in [0.3, 0.4) is 0 Å². The van der Waals surface area contributed by atoms with Crippen molar-refractivity contribution >= 4 is 23.7 Å². The standard InChI is InChI=1S/C16H23N3OS.C2H2O4/c1-13-16(18-12-17-13)11-21-10-14-4-6-15(7-5-14)20-9-8-19(2)3;3-1(4)2(5)6/h4-7,12H,8-11H2,1-3H3,(H,17,18);(H,3,4)(H,5,6). The molecule has 1 heterocycles. The van der Waals surface area contributed by atoms with Gasteiger partial charge in [-0.2, -0.15) is 11.8 Å². The number of hydrogen-bond acceptors (Lipinski definition) is 6. The van der Waals surface area contributed by atoms with Crippen LogP contribution in [0.1, 0.15) is 17.0 Å². The second kappa shape index (κ2) is 12.0. The minimum Gasteiger partial charge on any atom is -0.492 e. The number of carboxylic acid groups (broad SMARTS) is 2. The maximum atomic E-state index is 9.10. The second-order valence-corrected chi connectivity index (χ2v) is 6.86. The SMILES string of the molecule is Cc1[nH]cnc1CSCc1ccc(OCCN(C)C)cc1.O=C(O)C(=O)O. The van der Waals surface area contributed by atoms with Gasteiger partial charge in [0.05, 0.1) is 12.0 Å². The Kier molecular flexibility index (Phi) is 9.99. The minimum absolute atomic E-state index is 0.722. The molecule has 0 bridgehead atoms. The number of hydrogen-bond donors (Lipinski definition) is 3. The van der Waals surface area contributed by atoms with E-state index in [1.807, 2.05) is 38.0 Å². The molecule has 0 atom stereocenters. The molecular formula is C18H25N3O5S. The molecule has 0 aliphatic carbocycles. The van der Waals surface area contributed by atoms with Crippen LogP contribution < -0.4 is 4.74 Å². The van der Waals surface area contributed by atoms with E-state index in [-0.39, 0.29) is 0 Å². The molecule has 0 spiro atoms. The van der Waals surface area contributed by atoms with E-state index >= 15 is 0 Å². The number of rotatable bonds is 8. The van der Waals surface area contributed by atoms with Gasteiger partial charge in [-0.05, 0) is 38.7 Å². The highest BCUT2D eigenvalue weighted by Gasteiger charge is 2.04. The number of benzene rings is 1. The summed E-state index contributed by atoms with van der Waals surface area (Å²) in [4.78, 5) is 27.7. The predicted octanol–water partition coefficient (Wildman–Crippen LogP) is 2.25. The Bertz CT molecular complexity index is 704. The van der Waals surface area contributed by atoms with Crippen molar-refractivity contribution in [1.29, 1.82) is 0 Å². The summed E-state index contributed by atoms with van der Waals surface area (Å²) in [7, 11) is 4.09. The van der Waals surface area contributed by atoms with Crippen LogP contribution in [-0.2, 0) is 21.1 Å². The van der Waals surface area contributed by atoms with Crippen molar-refractivity contribution in [1.82, 2.24) is 14.9 Å². The number of thioether (sulfide) groups is 1. The van der Waals surface area contributed by atoms with E-state index in [0.29, 0.717) is 0 Å². The number of likely N-dealkylation sites (N-methyl/N-ethyl adjacent to an activating group) is 1. The number of aryl methyl sites for hydroxylation is 1. The monoisotopic (exact) mass is 395 g/mol. The number of nitrogens with zero attached hydrogens (tertiary/aromatic N) is 2. The van der Waals surface area contributed by atoms with E-state index in [2.05, 4.69) is 33.9 Å². The van der Waals surface area contributed by atoms with E-state index in [9.17, 15) is 0 Å². The number of aromatic nitrogens is 2. The third kappa shape index (κ3) is 9.66. The molecule has 8 nitrogen and oxygen atoms in total. The van der Waals surface area contributed by atoms with Crippen molar-refractivity contribution in [2.75, 3.05) is 27.2 Å². The Hall–Kier alpha value is -2.52. The van der Waals surface area contributed by atoms with Crippen molar-refractivity contribution in [3.05, 3.63) is 47.5 Å². The Balaban J connectivity index is 0.000000527. The molecule has 2 rings (SSSR count). The smallest absolute Gasteiger partial charge is 0.414 e. The second-order valence-electron chi connectivity index (χ2n) is 5.87. The van der Waals surface area contributed by atoms with Crippen molar-refractivity contribution < 1.29 is 24.5 Å². The van der Waals surface area contributed by atoms with Crippen LogP contribution in [0.2, 0.25) is 0 Å². The Labute approximate surface area is 162 Å². The van der Waals surface area contributed by atoms with E-state index in [1.54, 1.807) is 6.33 Å². The van der Waals surface area contributed by atoms with Crippen LogP contribution in [0.15, 0.2) is 30.6 Å². The van der Waals surface area contributed by atoms with Crippen LogP contribution in [0, 0.1) is 6.92 Å². The largest absolute Gasteiger partial charge is 0.492 e. The average molecular weight is 395 g/mol. The molecule has 0 saturated heterocycles. The molecule has 3 N–H and O–H groups in total. The van der Waals surface area contributed by atoms with Gasteiger partial charge in [0.2, 0.25) is 0 Å². The van der Waals surface area contributed by atoms with Gasteiger partial charge >= 0.3 is 11.9 Å². The molecule has 2 aromatic rings. The Morgan fingerprint density at radius 2 is 1.78 bits per heavy atom. The first-order valence-corrected chi connectivity index (χ1v) is 9.34. The van der Waals surface area contributed by atoms with Gasteiger partial charge in [0, 0.05) is 23.7 Å². The number of carbonyl (C=O) groups is 2. The number of ether oxygens (including phenoxy) is 1. The zero-order valence-corrected chi connectivity index (χ0v) is 16.5. The first-order valence-electron chi connectivity index (χ1n) is 8.19. The van der Waals surface area contributed by atoms with Crippen LogP contribution in [0.25, 0.3) is 0 Å². The topological polar surface area (TPSA) is 116 Å². The van der Waals surface area contributed by atoms with Crippen molar-refractivity contribution in [2.45, 2.75) is 18.4 Å². The Morgan fingerprint density at radius 1 is 1.15 bits per heavy atom. The van der Waals surface area contributed by atoms with E-state index in [0.717, 1.165) is 41.8 Å². The summed E-state index contributed by atoms with van der Waals surface area (Å²) in [5, 5.41) is 14.8. The molecule has 148 valence electrons. The van der Waals surface area contributed by atoms with E-state index in [1.165, 1.54) is 5.56 Å². The molecule has 0 radical (unpaired) electrons. The molecule has 0 aliphatic rings. The zero-order chi connectivity index (χ0) is 20.2. The summed E-state index contributed by atoms with van der Waals surface area (Å²) in [5.74, 6) is -0.778. The number of H-pyrrole nitrogens is 1. The molecule has 1 aromatic heterocycles. The number of carboxylic acids is 2. The zero-order valence-electron chi connectivity index (χ0n) is 15.6. The predicted molar refractivity (Wildman–Crippen MR) is 104 cm³/mol. The fourth-order valence-corrected chi connectivity index (χ4v) is 2.84. The van der Waals surface area contributed by atoms with Crippen LogP contribution in [-0.4, -0.2) is 64.3 Å². The van der Waals surface area contributed by atoms with Gasteiger partial charge in [0.25, 0.3) is 0 Å². The summed E-state index contributed by atoms with van der Waals surface area (Å²) < 4.78 is 5.69. The first kappa shape index (κ1) is 22.5. The molecule has 0 aliphatic heterocycles. The van der Waals surface area contributed by atoms with E-state index < -0.39 is 11.9 Å². The quantitative estimate of drug-likeness (QED) is 0.583. The fourth-order valence-electron chi connectivity index (χ4n) is 1.83. The van der Waals surface area contributed by atoms with Crippen molar-refractivity contribution in [2.24, 2.45) is 0 Å². The molecule has 0 saturated carbocycles. The molecule has 0 unspecified atom stereocenters. The summed E-state index contributed by atoms with van der Waals surface area (Å²) in [5.41, 5.74) is 3.61. The third-order valence-corrected chi connectivity index (χ3v) is 4.37. The molecular weight excluding hydrogens is 370 g/mol. The van der Waals surface area contributed by atoms with Gasteiger partial charge < -0.3 is 24.8 Å². The van der Waals surface area contributed by atoms with E-state index in [4.69, 9.17) is 24.5 Å². The van der Waals surface area contributed by atoms with Gasteiger partial charge in [-0.25, -0.2) is 14.6 Å². The highest BCUT2D eigenvalue weighted by atomic mass is 32.2. The summed E-state index contributed by atoms with van der Waals surface area (Å²) in [6.07, 6.45) is 1.76. The lowest BCUT2D eigenvalue weighted by Gasteiger charge is -2.11. The van der Waals surface area contributed by atoms with Gasteiger partial charge in [0.15, 0.2) is 0 Å². The normalized spacial score (nSPS) is 10.2. The molecule has 0 amide bonds. The van der Waals surface area contributed by atoms with Crippen LogP contribution >= 0.6 is 11.8 Å². The molecule has 9 heteroatoms. The fraction of sp³-hybridized carbons (Fsp3) is 0.389. The minimum atomic E-state index is -1.82. The Morgan fingerprint density at radius 3 is 2.26 bits per heavy atom. The van der Waals surface area contributed by atoms with Crippen LogP contribution in [0.5, 0.6) is 5.75 Å². The van der Waals surface area contributed by atoms with Gasteiger partial charge in [-0.15, -0.1) is 0 Å². The highest BCUT2D eigenvalue weighted by molar-refractivity contribution is 7.97. The summed E-state index contributed by atoms with van der Waals surface area (Å²) in [6, 6.07) is 8.36. The highest BCUT2D eigenvalue weighted by Crippen LogP contribution is 2.20. The lowest BCUT2D eigenvalue weighted by molar-refractivity contribution is -0.159. The lowest BCUT2D eigenvalue weighted by atomic mass is 10.2. The molecule has 0 fully saturated rings. The number of aliphatic carboxylic acids is 2. The number of imidazole rings is 1. The van der Waals surface area contributed by atoms with Crippen LogP contribution in [0.4, 0.5) is 0 Å². The molecule has 1 aromatic carbocycles. The maximum absolute atomic E-state index is 9.10. The van der Waals surface area contributed by atoms with Crippen molar-refractivity contribution in [3.63, 3.8) is 0 Å². The maximum Gasteiger partial charge on any atom is 0.414 e. The molecule has 27 heavy (non-hydrogen) atoms. The third-order valence-electron chi connectivity index (χ3n) is 3.36. The summed E-state index contributed by atoms with van der Waals surface area (Å²) in [6.45, 7) is 3.71. The number of nitrogens with one attached hydrogen (secondary N) is 1.